The Balaban J connectivity index is 1.43. The Morgan fingerprint density at radius 2 is 1.67 bits per heavy atom. The molecule has 0 radical (unpaired) electrons. The molecule has 4 rings (SSSR count). The van der Waals surface area contributed by atoms with Crippen LogP contribution < -0.4 is 15.0 Å². The number of hydrogen-bond donors (Lipinski definition) is 1. The summed E-state index contributed by atoms with van der Waals surface area (Å²) < 4.78 is 10.6. The Kier molecular flexibility index (Phi) is 5.70. The molecule has 7 heteroatoms. The van der Waals surface area contributed by atoms with Gasteiger partial charge in [-0.3, -0.25) is 9.59 Å². The summed E-state index contributed by atoms with van der Waals surface area (Å²) in [5.41, 5.74) is 3.23. The maximum Gasteiger partial charge on any atom is 0.258 e. The van der Waals surface area contributed by atoms with Crippen LogP contribution in [0.15, 0.2) is 66.7 Å². The van der Waals surface area contributed by atoms with E-state index in [2.05, 4.69) is 5.32 Å². The molecule has 3 aromatic carbocycles. The van der Waals surface area contributed by atoms with Crippen LogP contribution in [-0.4, -0.2) is 25.7 Å². The van der Waals surface area contributed by atoms with E-state index in [1.807, 2.05) is 0 Å². The lowest BCUT2D eigenvalue weighted by Crippen LogP contribution is -2.26. The van der Waals surface area contributed by atoms with E-state index in [0.717, 1.165) is 11.3 Å². The van der Waals surface area contributed by atoms with E-state index in [-0.39, 0.29) is 18.6 Å². The summed E-state index contributed by atoms with van der Waals surface area (Å²) in [5, 5.41) is 3.44. The SMILES string of the molecule is CN(C(=O)c1ccc(Cl)cc1)c1ccc(NC(=O)c2ccc3c(c2)COCO3)cc1. The summed E-state index contributed by atoms with van der Waals surface area (Å²) >= 11 is 5.88. The molecule has 0 bridgehead atoms. The molecule has 0 spiro atoms. The first-order valence-electron chi connectivity index (χ1n) is 9.30. The molecule has 0 fully saturated rings. The first-order chi connectivity index (χ1) is 14.5. The summed E-state index contributed by atoms with van der Waals surface area (Å²) in [4.78, 5) is 26.7. The summed E-state index contributed by atoms with van der Waals surface area (Å²) in [6, 6.07) is 19.0. The van der Waals surface area contributed by atoms with Crippen molar-refractivity contribution in [3.63, 3.8) is 0 Å². The van der Waals surface area contributed by atoms with E-state index in [1.165, 1.54) is 4.90 Å². The zero-order valence-electron chi connectivity index (χ0n) is 16.2. The highest BCUT2D eigenvalue weighted by molar-refractivity contribution is 6.30. The van der Waals surface area contributed by atoms with Gasteiger partial charge in [0.05, 0.1) is 6.61 Å². The van der Waals surface area contributed by atoms with Crippen LogP contribution in [0, 0.1) is 0 Å². The molecule has 0 saturated heterocycles. The summed E-state index contributed by atoms with van der Waals surface area (Å²) in [6.45, 7) is 0.638. The molecule has 2 amide bonds. The van der Waals surface area contributed by atoms with Crippen LogP contribution in [0.5, 0.6) is 5.75 Å². The zero-order valence-corrected chi connectivity index (χ0v) is 17.0. The van der Waals surface area contributed by atoms with Gasteiger partial charge in [-0.15, -0.1) is 0 Å². The number of nitrogens with zero attached hydrogens (tertiary/aromatic N) is 1. The van der Waals surface area contributed by atoms with Crippen molar-refractivity contribution in [3.8, 4) is 5.75 Å². The molecule has 1 N–H and O–H groups in total. The lowest BCUT2D eigenvalue weighted by molar-refractivity contribution is -0.0163. The number of ether oxygens (including phenoxy) is 2. The quantitative estimate of drug-likeness (QED) is 0.659. The van der Waals surface area contributed by atoms with E-state index in [4.69, 9.17) is 21.1 Å². The van der Waals surface area contributed by atoms with Crippen molar-refractivity contribution in [1.82, 2.24) is 0 Å². The number of rotatable bonds is 4. The van der Waals surface area contributed by atoms with Gasteiger partial charge in [0.25, 0.3) is 11.8 Å². The van der Waals surface area contributed by atoms with Crippen LogP contribution in [0.1, 0.15) is 26.3 Å². The second kappa shape index (κ2) is 8.57. The predicted molar refractivity (Wildman–Crippen MR) is 115 cm³/mol. The molecule has 0 unspecified atom stereocenters. The zero-order chi connectivity index (χ0) is 21.1. The van der Waals surface area contributed by atoms with Crippen molar-refractivity contribution >= 4 is 34.8 Å². The minimum absolute atomic E-state index is 0.151. The van der Waals surface area contributed by atoms with E-state index < -0.39 is 0 Å². The van der Waals surface area contributed by atoms with Crippen molar-refractivity contribution in [1.29, 1.82) is 0 Å². The van der Waals surface area contributed by atoms with Crippen molar-refractivity contribution < 1.29 is 19.1 Å². The third kappa shape index (κ3) is 4.30. The van der Waals surface area contributed by atoms with Crippen LogP contribution >= 0.6 is 11.6 Å². The van der Waals surface area contributed by atoms with E-state index >= 15 is 0 Å². The molecule has 1 aliphatic heterocycles. The number of amides is 2. The lowest BCUT2D eigenvalue weighted by Gasteiger charge is -2.19. The number of carbonyl (C=O) groups is 2. The molecule has 3 aromatic rings. The topological polar surface area (TPSA) is 67.9 Å². The minimum Gasteiger partial charge on any atom is -0.467 e. The van der Waals surface area contributed by atoms with Gasteiger partial charge in [-0.1, -0.05) is 11.6 Å². The smallest absolute Gasteiger partial charge is 0.258 e. The monoisotopic (exact) mass is 422 g/mol. The van der Waals surface area contributed by atoms with Gasteiger partial charge in [-0.05, 0) is 66.7 Å². The highest BCUT2D eigenvalue weighted by Gasteiger charge is 2.16. The van der Waals surface area contributed by atoms with E-state index in [0.29, 0.717) is 34.1 Å². The Bertz CT molecular complexity index is 1080. The van der Waals surface area contributed by atoms with Gasteiger partial charge in [-0.2, -0.15) is 0 Å². The predicted octanol–water partition coefficient (Wildman–Crippen LogP) is 4.74. The average molecular weight is 423 g/mol. The second-order valence-corrected chi connectivity index (χ2v) is 7.24. The van der Waals surface area contributed by atoms with Crippen LogP contribution in [-0.2, 0) is 11.3 Å². The van der Waals surface area contributed by atoms with Gasteiger partial charge in [0, 0.05) is 40.1 Å². The molecular weight excluding hydrogens is 404 g/mol. The van der Waals surface area contributed by atoms with Gasteiger partial charge in [0.2, 0.25) is 0 Å². The summed E-state index contributed by atoms with van der Waals surface area (Å²) in [5.74, 6) is 0.346. The normalized spacial score (nSPS) is 12.5. The molecule has 152 valence electrons. The fourth-order valence-electron chi connectivity index (χ4n) is 3.11. The molecule has 6 nitrogen and oxygen atoms in total. The molecule has 0 aromatic heterocycles. The van der Waals surface area contributed by atoms with Crippen LogP contribution in [0.2, 0.25) is 5.02 Å². The fourth-order valence-corrected chi connectivity index (χ4v) is 3.23. The molecule has 0 saturated carbocycles. The van der Waals surface area contributed by atoms with Gasteiger partial charge >= 0.3 is 0 Å². The highest BCUT2D eigenvalue weighted by atomic mass is 35.5. The molecule has 30 heavy (non-hydrogen) atoms. The number of anilines is 2. The van der Waals surface area contributed by atoms with Gasteiger partial charge in [-0.25, -0.2) is 0 Å². The molecular formula is C23H19ClN2O4. The van der Waals surface area contributed by atoms with Crippen LogP contribution in [0.3, 0.4) is 0 Å². The largest absolute Gasteiger partial charge is 0.467 e. The fraction of sp³-hybridized carbons (Fsp3) is 0.130. The summed E-state index contributed by atoms with van der Waals surface area (Å²) in [7, 11) is 1.70. The lowest BCUT2D eigenvalue weighted by atomic mass is 10.1. The van der Waals surface area contributed by atoms with Crippen molar-refractivity contribution in [2.45, 2.75) is 6.61 Å². The first-order valence-corrected chi connectivity index (χ1v) is 9.67. The number of nitrogens with one attached hydrogen (secondary N) is 1. The number of hydrogen-bond acceptors (Lipinski definition) is 4. The number of carbonyl (C=O) groups excluding carboxylic acids is 2. The second-order valence-electron chi connectivity index (χ2n) is 6.81. The van der Waals surface area contributed by atoms with Gasteiger partial charge < -0.3 is 19.7 Å². The number of halogens is 1. The third-order valence-corrected chi connectivity index (χ3v) is 5.04. The number of fused-ring (bicyclic) bond motifs is 1. The summed E-state index contributed by atoms with van der Waals surface area (Å²) in [6.07, 6.45) is 0. The standard InChI is InChI=1S/C23H19ClN2O4/c1-26(23(28)15-2-5-18(24)6-3-15)20-9-7-19(8-10-20)25-22(27)16-4-11-21-17(12-16)13-29-14-30-21/h2-12H,13-14H2,1H3,(H,25,27). The van der Waals surface area contributed by atoms with E-state index in [9.17, 15) is 9.59 Å². The molecule has 0 atom stereocenters. The maximum atomic E-state index is 12.6. The Morgan fingerprint density at radius 1 is 0.967 bits per heavy atom. The first kappa shape index (κ1) is 19.9. The van der Waals surface area contributed by atoms with Gasteiger partial charge in [0.1, 0.15) is 5.75 Å². The van der Waals surface area contributed by atoms with Crippen molar-refractivity contribution in [3.05, 3.63) is 88.4 Å². The average Bonchev–Trinajstić information content (AvgIpc) is 2.79. The molecule has 1 aliphatic rings. The molecule has 1 heterocycles. The third-order valence-electron chi connectivity index (χ3n) is 4.79. The van der Waals surface area contributed by atoms with Gasteiger partial charge in [0.15, 0.2) is 6.79 Å². The van der Waals surface area contributed by atoms with Crippen LogP contribution in [0.25, 0.3) is 0 Å². The van der Waals surface area contributed by atoms with Crippen LogP contribution in [0.4, 0.5) is 11.4 Å². The van der Waals surface area contributed by atoms with Crippen molar-refractivity contribution in [2.75, 3.05) is 24.1 Å². The Morgan fingerprint density at radius 3 is 2.40 bits per heavy atom. The van der Waals surface area contributed by atoms with Crippen molar-refractivity contribution in [2.24, 2.45) is 0 Å². The highest BCUT2D eigenvalue weighted by Crippen LogP contribution is 2.25. The molecule has 0 aliphatic carbocycles. The maximum absolute atomic E-state index is 12.6. The van der Waals surface area contributed by atoms with E-state index in [1.54, 1.807) is 73.8 Å². The Labute approximate surface area is 179 Å². The number of benzene rings is 3. The minimum atomic E-state index is -0.235. The Hall–Kier alpha value is -3.35.